The minimum Gasteiger partial charge on any atom is -0.359 e. The van der Waals surface area contributed by atoms with Crippen LogP contribution in [-0.4, -0.2) is 42.4 Å². The molecule has 45 heavy (non-hydrogen) atoms. The van der Waals surface area contributed by atoms with Crippen LogP contribution in [0.1, 0.15) is 42.5 Å². The molecule has 11 nitrogen and oxygen atoms in total. The molecule has 3 aromatic carbocycles. The van der Waals surface area contributed by atoms with E-state index >= 15 is 0 Å². The lowest BCUT2D eigenvalue weighted by atomic mass is 10.1. The second-order valence-electron chi connectivity index (χ2n) is 11.1. The number of benzene rings is 3. The predicted octanol–water partition coefficient (Wildman–Crippen LogP) is 6.15. The van der Waals surface area contributed by atoms with Gasteiger partial charge in [0.1, 0.15) is 16.5 Å². The molecule has 6 aromatic rings. The molecule has 0 saturated carbocycles. The number of sulfonamides is 2. The van der Waals surface area contributed by atoms with E-state index in [-0.39, 0.29) is 10.7 Å². The van der Waals surface area contributed by atoms with Crippen molar-refractivity contribution in [3.05, 3.63) is 95.6 Å². The van der Waals surface area contributed by atoms with Gasteiger partial charge in [-0.25, -0.2) is 21.8 Å². The number of aryl methyl sites for hydroxylation is 2. The molecule has 2 N–H and O–H groups in total. The van der Waals surface area contributed by atoms with Gasteiger partial charge in [-0.05, 0) is 62.2 Å². The number of rotatable bonds is 11. The zero-order chi connectivity index (χ0) is 31.9. The van der Waals surface area contributed by atoms with Crippen molar-refractivity contribution in [2.75, 3.05) is 15.7 Å². The molecule has 0 saturated heterocycles. The van der Waals surface area contributed by atoms with Gasteiger partial charge in [0, 0.05) is 23.6 Å². The summed E-state index contributed by atoms with van der Waals surface area (Å²) in [5.74, 6) is 1.59. The molecule has 0 fully saturated rings. The number of para-hydroxylation sites is 2. The van der Waals surface area contributed by atoms with Gasteiger partial charge >= 0.3 is 0 Å². The lowest BCUT2D eigenvalue weighted by Gasteiger charge is -2.13. The summed E-state index contributed by atoms with van der Waals surface area (Å²) in [6.45, 7) is 6.08. The first-order valence-corrected chi connectivity index (χ1v) is 17.9. The normalized spacial score (nSPS) is 12.3. The summed E-state index contributed by atoms with van der Waals surface area (Å²) in [4.78, 5) is 4.99. The largest absolute Gasteiger partial charge is 0.359 e. The molecule has 6 rings (SSSR count). The van der Waals surface area contributed by atoms with E-state index in [1.54, 1.807) is 44.2 Å². The van der Waals surface area contributed by atoms with Crippen molar-refractivity contribution in [3.8, 4) is 5.69 Å². The Morgan fingerprint density at radius 1 is 0.911 bits per heavy atom. The maximum atomic E-state index is 13.7. The highest BCUT2D eigenvalue weighted by Crippen LogP contribution is 2.32. The first kappa shape index (κ1) is 30.4. The van der Waals surface area contributed by atoms with Crippen molar-refractivity contribution in [1.29, 1.82) is 0 Å². The Morgan fingerprint density at radius 3 is 2.40 bits per heavy atom. The van der Waals surface area contributed by atoms with E-state index in [4.69, 9.17) is 9.51 Å². The summed E-state index contributed by atoms with van der Waals surface area (Å²) >= 11 is 0. The standard InChI is InChI=1S/C32H34N6O5S2/c1-5-6-15-31-33-26-18-24(35-44(4,39)40)16-17-28(26)38(31)20-23-19-37(27-12-8-7-11-25(23)27)29-13-9-10-14-30(29)45(41,42)36-32-21(2)22(3)43-34-32/h7-14,16-19,35H,5-6,15,20H2,1-4H3,(H,34,36). The molecule has 0 aliphatic heterocycles. The van der Waals surface area contributed by atoms with Crippen molar-refractivity contribution in [3.63, 3.8) is 0 Å². The minimum atomic E-state index is -4.03. The molecule has 0 aliphatic carbocycles. The van der Waals surface area contributed by atoms with Crippen LogP contribution in [0.5, 0.6) is 0 Å². The summed E-state index contributed by atoms with van der Waals surface area (Å²) in [5, 5.41) is 4.86. The van der Waals surface area contributed by atoms with Crippen molar-refractivity contribution in [1.82, 2.24) is 19.3 Å². The molecule has 0 amide bonds. The lowest BCUT2D eigenvalue weighted by molar-refractivity contribution is 0.399. The van der Waals surface area contributed by atoms with Crippen molar-refractivity contribution in [2.45, 2.75) is 51.5 Å². The van der Waals surface area contributed by atoms with Crippen LogP contribution in [0, 0.1) is 13.8 Å². The number of nitrogens with one attached hydrogen (secondary N) is 2. The van der Waals surface area contributed by atoms with Gasteiger partial charge < -0.3 is 13.7 Å². The molecule has 0 bridgehead atoms. The molecule has 0 spiro atoms. The van der Waals surface area contributed by atoms with Gasteiger partial charge in [0.15, 0.2) is 5.82 Å². The number of aromatic nitrogens is 4. The summed E-state index contributed by atoms with van der Waals surface area (Å²) in [7, 11) is -7.47. The number of imidazole rings is 1. The number of unbranched alkanes of at least 4 members (excludes halogenated alkanes) is 1. The highest BCUT2D eigenvalue weighted by atomic mass is 32.2. The highest BCUT2D eigenvalue weighted by Gasteiger charge is 2.24. The number of hydrogen-bond acceptors (Lipinski definition) is 7. The summed E-state index contributed by atoms with van der Waals surface area (Å²) in [5.41, 5.74) is 4.96. The first-order chi connectivity index (χ1) is 21.4. The van der Waals surface area contributed by atoms with E-state index in [1.807, 2.05) is 47.2 Å². The molecule has 13 heteroatoms. The van der Waals surface area contributed by atoms with Gasteiger partial charge in [-0.2, -0.15) is 0 Å². The van der Waals surface area contributed by atoms with Crippen LogP contribution in [0.25, 0.3) is 27.6 Å². The van der Waals surface area contributed by atoms with Gasteiger partial charge in [-0.1, -0.05) is 48.8 Å². The molecule has 0 atom stereocenters. The Kier molecular flexibility index (Phi) is 7.91. The third kappa shape index (κ3) is 6.05. The quantitative estimate of drug-likeness (QED) is 0.172. The van der Waals surface area contributed by atoms with Crippen molar-refractivity contribution in [2.24, 2.45) is 0 Å². The Balaban J connectivity index is 1.45. The van der Waals surface area contributed by atoms with E-state index in [0.717, 1.165) is 53.3 Å². The molecule has 234 valence electrons. The second kappa shape index (κ2) is 11.7. The van der Waals surface area contributed by atoms with E-state index in [9.17, 15) is 16.8 Å². The average molecular weight is 647 g/mol. The molecule has 0 radical (unpaired) electrons. The Morgan fingerprint density at radius 2 is 1.67 bits per heavy atom. The lowest BCUT2D eigenvalue weighted by Crippen LogP contribution is -2.16. The van der Waals surface area contributed by atoms with E-state index in [1.165, 1.54) is 0 Å². The Labute approximate surface area is 262 Å². The Bertz CT molecular complexity index is 2270. The highest BCUT2D eigenvalue weighted by molar-refractivity contribution is 7.93. The number of hydrogen-bond donors (Lipinski definition) is 2. The smallest absolute Gasteiger partial charge is 0.265 e. The van der Waals surface area contributed by atoms with E-state index in [2.05, 4.69) is 26.1 Å². The van der Waals surface area contributed by atoms with Crippen LogP contribution < -0.4 is 9.44 Å². The third-order valence-corrected chi connectivity index (χ3v) is 9.80. The predicted molar refractivity (Wildman–Crippen MR) is 176 cm³/mol. The zero-order valence-corrected chi connectivity index (χ0v) is 27.0. The maximum Gasteiger partial charge on any atom is 0.265 e. The van der Waals surface area contributed by atoms with Gasteiger partial charge in [0.2, 0.25) is 10.0 Å². The van der Waals surface area contributed by atoms with E-state index in [0.29, 0.717) is 34.8 Å². The van der Waals surface area contributed by atoms with Crippen LogP contribution in [0.2, 0.25) is 0 Å². The number of anilines is 2. The van der Waals surface area contributed by atoms with Gasteiger partial charge in [-0.15, -0.1) is 0 Å². The molecule has 0 aliphatic rings. The van der Waals surface area contributed by atoms with Crippen LogP contribution >= 0.6 is 0 Å². The monoisotopic (exact) mass is 646 g/mol. The molecule has 3 heterocycles. The summed E-state index contributed by atoms with van der Waals surface area (Å²) in [6.07, 6.45) is 5.79. The zero-order valence-electron chi connectivity index (χ0n) is 25.4. The number of fused-ring (bicyclic) bond motifs is 2. The fourth-order valence-electron chi connectivity index (χ4n) is 5.48. The van der Waals surface area contributed by atoms with Crippen LogP contribution in [0.15, 0.2) is 82.3 Å². The van der Waals surface area contributed by atoms with Crippen molar-refractivity contribution < 1.29 is 21.4 Å². The third-order valence-electron chi connectivity index (χ3n) is 7.81. The fourth-order valence-corrected chi connectivity index (χ4v) is 7.29. The van der Waals surface area contributed by atoms with Gasteiger partial charge in [-0.3, -0.25) is 9.44 Å². The Hall–Kier alpha value is -4.62. The van der Waals surface area contributed by atoms with E-state index < -0.39 is 20.0 Å². The topological polar surface area (TPSA) is 141 Å². The van der Waals surface area contributed by atoms with Gasteiger partial charge in [0.05, 0.1) is 40.7 Å². The molecular formula is C32H34N6O5S2. The molecule has 3 aromatic heterocycles. The SMILES string of the molecule is CCCCc1nc2cc(NS(C)(=O)=O)ccc2n1Cc1cn(-c2ccccc2S(=O)(=O)Nc2noc(C)c2C)c2ccccc12. The molecule has 0 unspecified atom stereocenters. The second-order valence-corrected chi connectivity index (χ2v) is 14.5. The average Bonchev–Trinajstić information content (AvgIpc) is 3.64. The van der Waals surface area contributed by atoms with Crippen molar-refractivity contribution >= 4 is 53.5 Å². The minimum absolute atomic E-state index is 0.0972. The van der Waals surface area contributed by atoms with Gasteiger partial charge in [0.25, 0.3) is 10.0 Å². The first-order valence-electron chi connectivity index (χ1n) is 14.6. The van der Waals surface area contributed by atoms with Crippen LogP contribution in [0.4, 0.5) is 11.5 Å². The number of nitrogens with zero attached hydrogens (tertiary/aromatic N) is 4. The van der Waals surface area contributed by atoms with Crippen LogP contribution in [-0.2, 0) is 33.0 Å². The summed E-state index contributed by atoms with van der Waals surface area (Å²) in [6, 6.07) is 20.1. The fraction of sp³-hybridized carbons (Fsp3) is 0.250. The van der Waals surface area contributed by atoms with Crippen LogP contribution in [0.3, 0.4) is 0 Å². The molecular weight excluding hydrogens is 613 g/mol. The maximum absolute atomic E-state index is 13.7. The summed E-state index contributed by atoms with van der Waals surface area (Å²) < 4.78 is 65.4.